The summed E-state index contributed by atoms with van der Waals surface area (Å²) < 4.78 is 48.0. The number of hydrogen-bond donors (Lipinski definition) is 0. The molecule has 1 aliphatic heterocycles. The summed E-state index contributed by atoms with van der Waals surface area (Å²) in [6.45, 7) is 5.83. The lowest BCUT2D eigenvalue weighted by Gasteiger charge is -2.38. The van der Waals surface area contributed by atoms with Gasteiger partial charge in [0.25, 0.3) is 0 Å². The highest BCUT2D eigenvalue weighted by molar-refractivity contribution is 5.78. The summed E-state index contributed by atoms with van der Waals surface area (Å²) in [7, 11) is 0. The first-order valence-electron chi connectivity index (χ1n) is 9.80. The number of piperazine rings is 1. The molecule has 164 valence electrons. The van der Waals surface area contributed by atoms with Gasteiger partial charge in [-0.1, -0.05) is 30.3 Å². The van der Waals surface area contributed by atoms with Crippen molar-refractivity contribution >= 4 is 11.8 Å². The number of anilines is 1. The number of ether oxygens (including phenoxy) is 1. The van der Waals surface area contributed by atoms with Gasteiger partial charge >= 0.3 is 12.3 Å². The number of hydrogen-bond acceptors (Lipinski definition) is 5. The summed E-state index contributed by atoms with van der Waals surface area (Å²) in [6, 6.07) is 9.94. The standard InChI is InChI=1S/C22H23F3N4O2/c1-21(2,3)31-20(30)29-11-9-28(10-12-29)19-17(13-26)27-14-16(18(19)22(23,24)25)15-7-5-4-6-8-15/h4-8,14H,9-12H2,1-3H3. The van der Waals surface area contributed by atoms with Crippen LogP contribution in [-0.4, -0.2) is 47.8 Å². The third-order valence-electron chi connectivity index (χ3n) is 4.77. The Labute approximate surface area is 178 Å². The van der Waals surface area contributed by atoms with E-state index in [1.807, 2.05) is 0 Å². The van der Waals surface area contributed by atoms with Gasteiger partial charge in [-0.05, 0) is 26.3 Å². The molecular weight excluding hydrogens is 409 g/mol. The number of nitriles is 1. The fraction of sp³-hybridized carbons (Fsp3) is 0.409. The van der Waals surface area contributed by atoms with Gasteiger partial charge in [0.1, 0.15) is 11.7 Å². The van der Waals surface area contributed by atoms with Gasteiger partial charge in [-0.3, -0.25) is 0 Å². The molecule has 0 bridgehead atoms. The Morgan fingerprint density at radius 1 is 1.10 bits per heavy atom. The summed E-state index contributed by atoms with van der Waals surface area (Å²) in [5.41, 5.74) is -1.83. The number of alkyl halides is 3. The normalized spacial score (nSPS) is 14.9. The van der Waals surface area contributed by atoms with E-state index in [1.54, 1.807) is 57.2 Å². The van der Waals surface area contributed by atoms with Crippen LogP contribution >= 0.6 is 0 Å². The quantitative estimate of drug-likeness (QED) is 0.688. The molecule has 0 spiro atoms. The second-order valence-corrected chi connectivity index (χ2v) is 8.17. The Balaban J connectivity index is 1.98. The molecule has 0 N–H and O–H groups in total. The number of benzene rings is 1. The number of halogens is 3. The monoisotopic (exact) mass is 432 g/mol. The molecule has 0 saturated carbocycles. The molecule has 0 unspecified atom stereocenters. The number of carbonyl (C=O) groups excluding carboxylic acids is 1. The molecule has 1 amide bonds. The van der Waals surface area contributed by atoms with Crippen LogP contribution in [0.4, 0.5) is 23.7 Å². The number of aromatic nitrogens is 1. The van der Waals surface area contributed by atoms with E-state index < -0.39 is 23.4 Å². The van der Waals surface area contributed by atoms with E-state index in [0.29, 0.717) is 5.56 Å². The van der Waals surface area contributed by atoms with Crippen LogP contribution in [0.25, 0.3) is 11.1 Å². The van der Waals surface area contributed by atoms with Crippen molar-refractivity contribution in [3.05, 3.63) is 47.8 Å². The van der Waals surface area contributed by atoms with E-state index >= 15 is 0 Å². The molecule has 9 heteroatoms. The second kappa shape index (κ2) is 8.46. The minimum Gasteiger partial charge on any atom is -0.444 e. The van der Waals surface area contributed by atoms with Crippen LogP contribution in [-0.2, 0) is 10.9 Å². The lowest BCUT2D eigenvalue weighted by Crippen LogP contribution is -2.50. The first-order chi connectivity index (χ1) is 14.5. The summed E-state index contributed by atoms with van der Waals surface area (Å²) in [4.78, 5) is 19.2. The molecule has 1 saturated heterocycles. The fourth-order valence-corrected chi connectivity index (χ4v) is 3.45. The molecule has 0 aliphatic carbocycles. The van der Waals surface area contributed by atoms with Crippen LogP contribution < -0.4 is 4.90 Å². The molecule has 1 aromatic carbocycles. The average Bonchev–Trinajstić information content (AvgIpc) is 2.71. The minimum atomic E-state index is -4.70. The molecule has 0 radical (unpaired) electrons. The van der Waals surface area contributed by atoms with E-state index in [4.69, 9.17) is 4.74 Å². The van der Waals surface area contributed by atoms with Crippen molar-refractivity contribution in [1.29, 1.82) is 5.26 Å². The van der Waals surface area contributed by atoms with Gasteiger partial charge in [0, 0.05) is 37.9 Å². The van der Waals surface area contributed by atoms with Crippen molar-refractivity contribution in [2.75, 3.05) is 31.1 Å². The molecule has 6 nitrogen and oxygen atoms in total. The van der Waals surface area contributed by atoms with Crippen molar-refractivity contribution in [2.45, 2.75) is 32.5 Å². The van der Waals surface area contributed by atoms with E-state index in [2.05, 4.69) is 4.98 Å². The topological polar surface area (TPSA) is 69.5 Å². The highest BCUT2D eigenvalue weighted by atomic mass is 19.4. The maximum absolute atomic E-state index is 14.2. The van der Waals surface area contributed by atoms with Crippen LogP contribution in [0.2, 0.25) is 0 Å². The Morgan fingerprint density at radius 2 is 1.71 bits per heavy atom. The Kier molecular flexibility index (Phi) is 6.11. The molecule has 1 aliphatic rings. The third-order valence-corrected chi connectivity index (χ3v) is 4.77. The average molecular weight is 432 g/mol. The lowest BCUT2D eigenvalue weighted by atomic mass is 9.98. The van der Waals surface area contributed by atoms with Gasteiger partial charge in [0.2, 0.25) is 0 Å². The van der Waals surface area contributed by atoms with Crippen LogP contribution in [0.3, 0.4) is 0 Å². The first kappa shape index (κ1) is 22.4. The van der Waals surface area contributed by atoms with Crippen LogP contribution in [0.1, 0.15) is 32.0 Å². The van der Waals surface area contributed by atoms with E-state index in [9.17, 15) is 23.2 Å². The van der Waals surface area contributed by atoms with Gasteiger partial charge in [-0.15, -0.1) is 0 Å². The Bertz CT molecular complexity index is 987. The molecule has 2 aromatic rings. The number of nitrogens with zero attached hydrogens (tertiary/aromatic N) is 4. The van der Waals surface area contributed by atoms with E-state index in [-0.39, 0.29) is 43.1 Å². The number of rotatable bonds is 2. The highest BCUT2D eigenvalue weighted by Crippen LogP contribution is 2.44. The van der Waals surface area contributed by atoms with Gasteiger partial charge in [-0.2, -0.15) is 18.4 Å². The Morgan fingerprint density at radius 3 is 2.23 bits per heavy atom. The minimum absolute atomic E-state index is 0.0864. The molecule has 2 heterocycles. The van der Waals surface area contributed by atoms with Crippen molar-refractivity contribution in [1.82, 2.24) is 9.88 Å². The van der Waals surface area contributed by atoms with Gasteiger partial charge < -0.3 is 14.5 Å². The number of pyridine rings is 1. The molecule has 3 rings (SSSR count). The molecule has 1 aromatic heterocycles. The predicted octanol–water partition coefficient (Wildman–Crippen LogP) is 4.70. The SMILES string of the molecule is CC(C)(C)OC(=O)N1CCN(c2c(C#N)ncc(-c3ccccc3)c2C(F)(F)F)CC1. The predicted molar refractivity (Wildman–Crippen MR) is 109 cm³/mol. The van der Waals surface area contributed by atoms with E-state index in [0.717, 1.165) is 6.20 Å². The highest BCUT2D eigenvalue weighted by Gasteiger charge is 2.41. The van der Waals surface area contributed by atoms with Gasteiger partial charge in [0.05, 0.1) is 11.3 Å². The zero-order valence-electron chi connectivity index (χ0n) is 17.5. The second-order valence-electron chi connectivity index (χ2n) is 8.17. The van der Waals surface area contributed by atoms with E-state index in [1.165, 1.54) is 9.80 Å². The third kappa shape index (κ3) is 5.08. The summed E-state index contributed by atoms with van der Waals surface area (Å²) in [5.74, 6) is 0. The molecule has 1 fully saturated rings. The summed E-state index contributed by atoms with van der Waals surface area (Å²) >= 11 is 0. The van der Waals surface area contributed by atoms with Crippen molar-refractivity contribution in [3.63, 3.8) is 0 Å². The summed E-state index contributed by atoms with van der Waals surface area (Å²) in [5, 5.41) is 9.48. The smallest absolute Gasteiger partial charge is 0.419 e. The molecular formula is C22H23F3N4O2. The molecule has 31 heavy (non-hydrogen) atoms. The van der Waals surface area contributed by atoms with Crippen molar-refractivity contribution < 1.29 is 22.7 Å². The zero-order chi connectivity index (χ0) is 22.8. The van der Waals surface area contributed by atoms with Crippen LogP contribution in [0.15, 0.2) is 36.5 Å². The van der Waals surface area contributed by atoms with Crippen LogP contribution in [0.5, 0.6) is 0 Å². The maximum atomic E-state index is 14.2. The maximum Gasteiger partial charge on any atom is 0.419 e. The van der Waals surface area contributed by atoms with Crippen molar-refractivity contribution in [3.8, 4) is 17.2 Å². The molecule has 0 atom stereocenters. The Hall–Kier alpha value is -3.28. The van der Waals surface area contributed by atoms with Gasteiger partial charge in [-0.25, -0.2) is 9.78 Å². The number of amides is 1. The lowest BCUT2D eigenvalue weighted by molar-refractivity contribution is -0.136. The summed E-state index contributed by atoms with van der Waals surface area (Å²) in [6.07, 6.45) is -4.12. The first-order valence-corrected chi connectivity index (χ1v) is 9.80. The largest absolute Gasteiger partial charge is 0.444 e. The van der Waals surface area contributed by atoms with Gasteiger partial charge in [0.15, 0.2) is 5.69 Å². The zero-order valence-corrected chi connectivity index (χ0v) is 17.5. The number of carbonyl (C=O) groups is 1. The fourth-order valence-electron chi connectivity index (χ4n) is 3.45. The van der Waals surface area contributed by atoms with Crippen LogP contribution in [0, 0.1) is 11.3 Å². The van der Waals surface area contributed by atoms with Crippen molar-refractivity contribution in [2.24, 2.45) is 0 Å².